The second-order valence-corrected chi connectivity index (χ2v) is 10.7. The van der Waals surface area contributed by atoms with E-state index >= 15 is 0 Å². The number of hydrogen-bond donors (Lipinski definition) is 8. The van der Waals surface area contributed by atoms with Crippen LogP contribution in [0.1, 0.15) is 11.8 Å². The lowest BCUT2D eigenvalue weighted by Crippen LogP contribution is -2.38. The van der Waals surface area contributed by atoms with Crippen molar-refractivity contribution >= 4 is 29.5 Å². The Labute approximate surface area is 183 Å². The Kier molecular flexibility index (Phi) is 8.89. The molecule has 21 heteroatoms. The normalized spacial score (nSPS) is 27.5. The minimum Gasteiger partial charge on any atom is -0.387 e. The van der Waals surface area contributed by atoms with Crippen LogP contribution in [0.5, 0.6) is 0 Å². The first-order valence-electron chi connectivity index (χ1n) is 8.57. The summed E-state index contributed by atoms with van der Waals surface area (Å²) in [5, 5.41) is 20.3. The van der Waals surface area contributed by atoms with Gasteiger partial charge in [-0.25, -0.2) is 18.5 Å². The first-order chi connectivity index (χ1) is 15.1. The number of aromatic nitrogens is 2. The molecule has 1 aromatic rings. The molecule has 2 unspecified atom stereocenters. The molecular formula is C12H20N3O15P3. The number of ether oxygens (including phenoxy) is 1. The van der Waals surface area contributed by atoms with Crippen molar-refractivity contribution < 1.29 is 61.4 Å². The standard InChI is InChI=1S/C12H20N3O15P3/c13-3-1-2-6-4-15(12(19)14-10(6)18)11-9(17)8(16)7(28-11)5-27-32(23,24)30-33(25,26)29-31(20,21)22/h1-2,4,7-9,11,16-17H,3,5,13H2,(H,23,24)(H,25,26)(H,14,18,19)(H2,20,21,22)/b2-1+/t7-,8-,9-,11-/m1/s1. The monoisotopic (exact) mass is 539 g/mol. The maximum absolute atomic E-state index is 12.1. The molecule has 2 heterocycles. The molecule has 1 aliphatic heterocycles. The number of phosphoric acid groups is 3. The van der Waals surface area contributed by atoms with Crippen LogP contribution in [-0.4, -0.2) is 70.8 Å². The van der Waals surface area contributed by atoms with Gasteiger partial charge in [0.2, 0.25) is 0 Å². The number of aromatic amines is 1. The Morgan fingerprint density at radius 1 is 1.09 bits per heavy atom. The van der Waals surface area contributed by atoms with Crippen LogP contribution >= 0.6 is 23.5 Å². The molecule has 33 heavy (non-hydrogen) atoms. The lowest BCUT2D eigenvalue weighted by molar-refractivity contribution is -0.0542. The number of rotatable bonds is 10. The Hall–Kier alpha value is -1.33. The molecule has 1 fully saturated rings. The van der Waals surface area contributed by atoms with Crippen molar-refractivity contribution in [1.82, 2.24) is 9.55 Å². The summed E-state index contributed by atoms with van der Waals surface area (Å²) >= 11 is 0. The van der Waals surface area contributed by atoms with Crippen LogP contribution < -0.4 is 17.0 Å². The Morgan fingerprint density at radius 2 is 1.73 bits per heavy atom. The van der Waals surface area contributed by atoms with E-state index in [0.717, 1.165) is 10.8 Å². The summed E-state index contributed by atoms with van der Waals surface area (Å²) in [5.74, 6) is 0. The lowest BCUT2D eigenvalue weighted by atomic mass is 10.1. The molecule has 1 aromatic heterocycles. The minimum absolute atomic E-state index is 0.0537. The molecule has 18 nitrogen and oxygen atoms in total. The molecule has 1 saturated heterocycles. The summed E-state index contributed by atoms with van der Waals surface area (Å²) in [6.45, 7) is -1.00. The number of aliphatic hydroxyl groups is 2. The summed E-state index contributed by atoms with van der Waals surface area (Å²) < 4.78 is 51.1. The van der Waals surface area contributed by atoms with Crippen LogP contribution in [0, 0.1) is 0 Å². The van der Waals surface area contributed by atoms with Crippen LogP contribution in [0.4, 0.5) is 0 Å². The van der Waals surface area contributed by atoms with Crippen molar-refractivity contribution in [2.45, 2.75) is 24.5 Å². The van der Waals surface area contributed by atoms with Gasteiger partial charge in [0.05, 0.1) is 12.2 Å². The van der Waals surface area contributed by atoms with Crippen LogP contribution in [0.25, 0.3) is 6.08 Å². The Morgan fingerprint density at radius 3 is 2.30 bits per heavy atom. The second-order valence-electron chi connectivity index (χ2n) is 6.32. The van der Waals surface area contributed by atoms with Crippen molar-refractivity contribution in [3.05, 3.63) is 38.7 Å². The van der Waals surface area contributed by atoms with E-state index in [-0.39, 0.29) is 12.1 Å². The molecule has 9 N–H and O–H groups in total. The van der Waals surface area contributed by atoms with Gasteiger partial charge in [-0.15, -0.1) is 0 Å². The average molecular weight is 539 g/mol. The Bertz CT molecular complexity index is 1140. The third kappa shape index (κ3) is 7.85. The molecule has 0 amide bonds. The van der Waals surface area contributed by atoms with Gasteiger partial charge in [0.15, 0.2) is 6.23 Å². The lowest BCUT2D eigenvalue weighted by Gasteiger charge is -2.19. The summed E-state index contributed by atoms with van der Waals surface area (Å²) in [6, 6.07) is 0. The third-order valence-corrected chi connectivity index (χ3v) is 7.66. The highest BCUT2D eigenvalue weighted by Crippen LogP contribution is 2.66. The minimum atomic E-state index is -5.76. The summed E-state index contributed by atoms with van der Waals surface area (Å²) in [6.07, 6.45) is -3.19. The average Bonchev–Trinajstić information content (AvgIpc) is 2.91. The van der Waals surface area contributed by atoms with Crippen molar-refractivity contribution in [2.24, 2.45) is 5.73 Å². The van der Waals surface area contributed by atoms with E-state index in [4.69, 9.17) is 25.2 Å². The fraction of sp³-hybridized carbons (Fsp3) is 0.500. The van der Waals surface area contributed by atoms with Crippen LogP contribution in [0.15, 0.2) is 21.9 Å². The van der Waals surface area contributed by atoms with Gasteiger partial charge in [-0.3, -0.25) is 18.9 Å². The smallest absolute Gasteiger partial charge is 0.387 e. The number of phosphoric ester groups is 1. The van der Waals surface area contributed by atoms with E-state index in [1.165, 1.54) is 12.2 Å². The molecule has 188 valence electrons. The summed E-state index contributed by atoms with van der Waals surface area (Å²) in [5.41, 5.74) is 3.43. The predicted molar refractivity (Wildman–Crippen MR) is 105 cm³/mol. The van der Waals surface area contributed by atoms with Gasteiger partial charge in [0.1, 0.15) is 18.3 Å². The maximum atomic E-state index is 12.1. The molecule has 6 atom stereocenters. The highest BCUT2D eigenvalue weighted by Gasteiger charge is 2.46. The van der Waals surface area contributed by atoms with Gasteiger partial charge in [0.25, 0.3) is 5.56 Å². The number of nitrogens with one attached hydrogen (secondary N) is 1. The SMILES string of the molecule is NC/C=C/c1cn([C@@H]2O[C@H](COP(=O)(O)OP(=O)(O)OP(=O)(O)O)[C@@H](O)[C@H]2O)c(=O)[nH]c1=O. The molecule has 2 rings (SSSR count). The van der Waals surface area contributed by atoms with E-state index in [2.05, 4.69) is 13.1 Å². The van der Waals surface area contributed by atoms with Gasteiger partial charge in [-0.2, -0.15) is 8.62 Å². The zero-order valence-corrected chi connectivity index (χ0v) is 18.9. The van der Waals surface area contributed by atoms with Crippen LogP contribution in [0.2, 0.25) is 0 Å². The van der Waals surface area contributed by atoms with Gasteiger partial charge >= 0.3 is 29.2 Å². The number of hydrogen-bond acceptors (Lipinski definition) is 12. The van der Waals surface area contributed by atoms with Crippen LogP contribution in [-0.2, 0) is 31.6 Å². The first-order valence-corrected chi connectivity index (χ1v) is 13.1. The van der Waals surface area contributed by atoms with Crippen molar-refractivity contribution in [1.29, 1.82) is 0 Å². The Balaban J connectivity index is 2.15. The second kappa shape index (κ2) is 10.5. The molecule has 0 radical (unpaired) electrons. The third-order valence-electron chi connectivity index (χ3n) is 3.86. The quantitative estimate of drug-likeness (QED) is 0.142. The number of nitrogens with zero attached hydrogens (tertiary/aromatic N) is 1. The fourth-order valence-corrected chi connectivity index (χ4v) is 5.60. The van der Waals surface area contributed by atoms with Crippen LogP contribution in [0.3, 0.4) is 0 Å². The van der Waals surface area contributed by atoms with Gasteiger partial charge < -0.3 is 40.3 Å². The van der Waals surface area contributed by atoms with Crippen molar-refractivity contribution in [3.8, 4) is 0 Å². The van der Waals surface area contributed by atoms with E-state index in [9.17, 15) is 38.4 Å². The van der Waals surface area contributed by atoms with E-state index in [1.54, 1.807) is 0 Å². The number of H-pyrrole nitrogens is 1. The largest absolute Gasteiger partial charge is 0.490 e. The van der Waals surface area contributed by atoms with Crippen molar-refractivity contribution in [2.75, 3.05) is 13.2 Å². The highest BCUT2D eigenvalue weighted by molar-refractivity contribution is 7.66. The molecule has 0 saturated carbocycles. The van der Waals surface area contributed by atoms with Gasteiger partial charge in [-0.05, 0) is 0 Å². The van der Waals surface area contributed by atoms with E-state index in [0.29, 0.717) is 0 Å². The van der Waals surface area contributed by atoms with E-state index < -0.39 is 65.9 Å². The molecule has 0 aliphatic carbocycles. The number of aliphatic hydroxyl groups excluding tert-OH is 2. The number of nitrogens with two attached hydrogens (primary N) is 1. The molecule has 0 spiro atoms. The van der Waals surface area contributed by atoms with Gasteiger partial charge in [0, 0.05) is 12.7 Å². The summed E-state index contributed by atoms with van der Waals surface area (Å²) in [4.78, 5) is 61.4. The molecule has 0 aromatic carbocycles. The first kappa shape index (κ1) is 27.9. The van der Waals surface area contributed by atoms with Crippen molar-refractivity contribution in [3.63, 3.8) is 0 Å². The zero-order chi connectivity index (χ0) is 25.2. The molecule has 1 aliphatic rings. The summed E-state index contributed by atoms with van der Waals surface area (Å²) in [7, 11) is -16.9. The maximum Gasteiger partial charge on any atom is 0.490 e. The molecular weight excluding hydrogens is 519 g/mol. The fourth-order valence-electron chi connectivity index (χ4n) is 2.57. The molecule has 0 bridgehead atoms. The van der Waals surface area contributed by atoms with E-state index in [1.807, 2.05) is 4.98 Å². The zero-order valence-electron chi connectivity index (χ0n) is 16.2. The highest BCUT2D eigenvalue weighted by atomic mass is 31.3. The topological polar surface area (TPSA) is 290 Å². The predicted octanol–water partition coefficient (Wildman–Crippen LogP) is -2.53. The van der Waals surface area contributed by atoms with Gasteiger partial charge in [-0.1, -0.05) is 12.2 Å².